The van der Waals surface area contributed by atoms with Gasteiger partial charge in [-0.1, -0.05) is 6.07 Å². The monoisotopic (exact) mass is 320 g/mol. The standard InChI is InChI=1S/C17H24N2O4/c1-12-8-13(2)10-14(9-12)23-7-5-18-16(22)19-6-4-17(3,11-19)15(20)21/h8-10H,4-7,11H2,1-3H3,(H,18,22)(H,20,21). The normalized spacial score (nSPS) is 20.4. The van der Waals surface area contributed by atoms with Crippen molar-refractivity contribution in [2.45, 2.75) is 27.2 Å². The van der Waals surface area contributed by atoms with Gasteiger partial charge in [-0.3, -0.25) is 4.79 Å². The number of carbonyl (C=O) groups is 2. The fraction of sp³-hybridized carbons (Fsp3) is 0.529. The van der Waals surface area contributed by atoms with Crippen molar-refractivity contribution in [3.05, 3.63) is 29.3 Å². The molecule has 23 heavy (non-hydrogen) atoms. The molecule has 1 unspecified atom stereocenters. The highest BCUT2D eigenvalue weighted by Gasteiger charge is 2.42. The van der Waals surface area contributed by atoms with E-state index < -0.39 is 11.4 Å². The highest BCUT2D eigenvalue weighted by molar-refractivity contribution is 5.79. The van der Waals surface area contributed by atoms with E-state index in [1.165, 1.54) is 0 Å². The molecule has 1 heterocycles. The van der Waals surface area contributed by atoms with Gasteiger partial charge in [0.05, 0.1) is 12.0 Å². The predicted octanol–water partition coefficient (Wildman–Crippen LogP) is 2.19. The zero-order chi connectivity index (χ0) is 17.0. The van der Waals surface area contributed by atoms with Crippen LogP contribution in [-0.2, 0) is 4.79 Å². The number of carboxylic acids is 1. The highest BCUT2D eigenvalue weighted by atomic mass is 16.5. The second kappa shape index (κ2) is 6.89. The van der Waals surface area contributed by atoms with Gasteiger partial charge in [0.15, 0.2) is 0 Å². The van der Waals surface area contributed by atoms with Crippen LogP contribution in [0.4, 0.5) is 4.79 Å². The third-order valence-electron chi connectivity index (χ3n) is 4.12. The van der Waals surface area contributed by atoms with Crippen molar-refractivity contribution in [2.75, 3.05) is 26.2 Å². The van der Waals surface area contributed by atoms with Gasteiger partial charge < -0.3 is 20.1 Å². The van der Waals surface area contributed by atoms with Crippen molar-refractivity contribution in [1.29, 1.82) is 0 Å². The Balaban J connectivity index is 1.74. The number of carboxylic acid groups (broad SMARTS) is 1. The van der Waals surface area contributed by atoms with Crippen molar-refractivity contribution < 1.29 is 19.4 Å². The van der Waals surface area contributed by atoms with Crippen LogP contribution in [0.2, 0.25) is 0 Å². The summed E-state index contributed by atoms with van der Waals surface area (Å²) < 4.78 is 5.63. The molecule has 1 fully saturated rings. The Labute approximate surface area is 136 Å². The summed E-state index contributed by atoms with van der Waals surface area (Å²) in [6.45, 7) is 7.15. The van der Waals surface area contributed by atoms with Crippen LogP contribution >= 0.6 is 0 Å². The van der Waals surface area contributed by atoms with Crippen molar-refractivity contribution in [3.8, 4) is 5.75 Å². The molecule has 0 spiro atoms. The molecule has 2 N–H and O–H groups in total. The number of benzene rings is 1. The van der Waals surface area contributed by atoms with E-state index in [0.717, 1.165) is 16.9 Å². The molecule has 1 aromatic carbocycles. The van der Waals surface area contributed by atoms with E-state index in [4.69, 9.17) is 4.74 Å². The molecule has 0 radical (unpaired) electrons. The topological polar surface area (TPSA) is 78.9 Å². The van der Waals surface area contributed by atoms with E-state index in [2.05, 4.69) is 11.4 Å². The quantitative estimate of drug-likeness (QED) is 0.815. The van der Waals surface area contributed by atoms with E-state index in [1.54, 1.807) is 11.8 Å². The number of rotatable bonds is 5. The average Bonchev–Trinajstić information content (AvgIpc) is 2.86. The number of urea groups is 1. The van der Waals surface area contributed by atoms with Crippen LogP contribution in [0.3, 0.4) is 0 Å². The van der Waals surface area contributed by atoms with Gasteiger partial charge in [-0.05, 0) is 50.5 Å². The summed E-state index contributed by atoms with van der Waals surface area (Å²) in [6.07, 6.45) is 0.481. The van der Waals surface area contributed by atoms with Gasteiger partial charge in [0.25, 0.3) is 0 Å². The summed E-state index contributed by atoms with van der Waals surface area (Å²) in [7, 11) is 0. The summed E-state index contributed by atoms with van der Waals surface area (Å²) in [4.78, 5) is 24.8. The van der Waals surface area contributed by atoms with Crippen molar-refractivity contribution in [1.82, 2.24) is 10.2 Å². The largest absolute Gasteiger partial charge is 0.492 e. The number of nitrogens with zero attached hydrogens (tertiary/aromatic N) is 1. The molecule has 2 amide bonds. The smallest absolute Gasteiger partial charge is 0.317 e. The molecule has 126 valence electrons. The lowest BCUT2D eigenvalue weighted by Crippen LogP contribution is -2.42. The number of aliphatic carboxylic acids is 1. The van der Waals surface area contributed by atoms with Crippen LogP contribution in [0, 0.1) is 19.3 Å². The fourth-order valence-electron chi connectivity index (χ4n) is 2.76. The van der Waals surface area contributed by atoms with Crippen LogP contribution in [0.25, 0.3) is 0 Å². The first kappa shape index (κ1) is 17.1. The van der Waals surface area contributed by atoms with E-state index in [9.17, 15) is 14.7 Å². The SMILES string of the molecule is Cc1cc(C)cc(OCCNC(=O)N2CCC(C)(C(=O)O)C2)c1. The van der Waals surface area contributed by atoms with Crippen LogP contribution in [0.5, 0.6) is 5.75 Å². The molecule has 1 aromatic rings. The molecule has 6 nitrogen and oxygen atoms in total. The molecule has 1 aliphatic rings. The van der Waals surface area contributed by atoms with Gasteiger partial charge in [0.1, 0.15) is 12.4 Å². The minimum atomic E-state index is -0.856. The Bertz CT molecular complexity index is 582. The molecule has 6 heteroatoms. The maximum absolute atomic E-state index is 12.0. The van der Waals surface area contributed by atoms with Crippen molar-refractivity contribution in [3.63, 3.8) is 0 Å². The average molecular weight is 320 g/mol. The Morgan fingerprint density at radius 3 is 2.52 bits per heavy atom. The third-order valence-corrected chi connectivity index (χ3v) is 4.12. The molecular weight excluding hydrogens is 296 g/mol. The van der Waals surface area contributed by atoms with E-state index in [1.807, 2.05) is 26.0 Å². The molecule has 0 aliphatic carbocycles. The molecule has 1 saturated heterocycles. The first-order chi connectivity index (χ1) is 10.8. The molecule has 1 aliphatic heterocycles. The number of hydrogen-bond donors (Lipinski definition) is 2. The zero-order valence-corrected chi connectivity index (χ0v) is 13.9. The maximum Gasteiger partial charge on any atom is 0.317 e. The Morgan fingerprint density at radius 2 is 1.96 bits per heavy atom. The Hall–Kier alpha value is -2.24. The number of amides is 2. The first-order valence-electron chi connectivity index (χ1n) is 7.77. The molecule has 2 rings (SSSR count). The lowest BCUT2D eigenvalue weighted by molar-refractivity contribution is -0.147. The van der Waals surface area contributed by atoms with E-state index in [-0.39, 0.29) is 12.6 Å². The highest BCUT2D eigenvalue weighted by Crippen LogP contribution is 2.29. The summed E-state index contributed by atoms with van der Waals surface area (Å²) >= 11 is 0. The van der Waals surface area contributed by atoms with Crippen LogP contribution in [0.1, 0.15) is 24.5 Å². The second-order valence-electron chi connectivity index (χ2n) is 6.44. The van der Waals surface area contributed by atoms with Gasteiger partial charge in [0.2, 0.25) is 0 Å². The lowest BCUT2D eigenvalue weighted by atomic mass is 9.90. The van der Waals surface area contributed by atoms with Gasteiger partial charge in [-0.2, -0.15) is 0 Å². The molecule has 0 bridgehead atoms. The van der Waals surface area contributed by atoms with Gasteiger partial charge in [-0.25, -0.2) is 4.79 Å². The molecule has 0 aromatic heterocycles. The number of nitrogens with one attached hydrogen (secondary N) is 1. The second-order valence-corrected chi connectivity index (χ2v) is 6.44. The Morgan fingerprint density at radius 1 is 1.30 bits per heavy atom. The van der Waals surface area contributed by atoms with Gasteiger partial charge >= 0.3 is 12.0 Å². The van der Waals surface area contributed by atoms with E-state index in [0.29, 0.717) is 26.1 Å². The molecule has 1 atom stereocenters. The predicted molar refractivity (Wildman–Crippen MR) is 86.7 cm³/mol. The number of ether oxygens (including phenoxy) is 1. The zero-order valence-electron chi connectivity index (χ0n) is 13.9. The van der Waals surface area contributed by atoms with Crippen LogP contribution in [0.15, 0.2) is 18.2 Å². The molecule has 0 saturated carbocycles. The van der Waals surface area contributed by atoms with Crippen molar-refractivity contribution >= 4 is 12.0 Å². The fourth-order valence-corrected chi connectivity index (χ4v) is 2.76. The minimum Gasteiger partial charge on any atom is -0.492 e. The van der Waals surface area contributed by atoms with Crippen molar-refractivity contribution in [2.24, 2.45) is 5.41 Å². The van der Waals surface area contributed by atoms with Crippen LogP contribution in [-0.4, -0.2) is 48.2 Å². The van der Waals surface area contributed by atoms with Gasteiger partial charge in [-0.15, -0.1) is 0 Å². The number of hydrogen-bond acceptors (Lipinski definition) is 3. The first-order valence-corrected chi connectivity index (χ1v) is 7.77. The summed E-state index contributed by atoms with van der Waals surface area (Å²) in [6, 6.07) is 5.74. The number of likely N-dealkylation sites (tertiary alicyclic amines) is 1. The summed E-state index contributed by atoms with van der Waals surface area (Å²) in [5.41, 5.74) is 1.43. The van der Waals surface area contributed by atoms with E-state index >= 15 is 0 Å². The summed E-state index contributed by atoms with van der Waals surface area (Å²) in [5.74, 6) is -0.0673. The molecular formula is C17H24N2O4. The third kappa shape index (κ3) is 4.37. The number of carbonyl (C=O) groups excluding carboxylic acids is 1. The summed E-state index contributed by atoms with van der Waals surface area (Å²) in [5, 5.41) is 11.9. The number of aryl methyl sites for hydroxylation is 2. The van der Waals surface area contributed by atoms with Gasteiger partial charge in [0, 0.05) is 13.1 Å². The minimum absolute atomic E-state index is 0.237. The van der Waals surface area contributed by atoms with Crippen LogP contribution < -0.4 is 10.1 Å². The Kier molecular flexibility index (Phi) is 5.13. The maximum atomic E-state index is 12.0. The lowest BCUT2D eigenvalue weighted by Gasteiger charge is -2.20.